The maximum absolute atomic E-state index is 12.9. The van der Waals surface area contributed by atoms with Gasteiger partial charge in [0.25, 0.3) is 0 Å². The lowest BCUT2D eigenvalue weighted by Crippen LogP contribution is -2.52. The first-order chi connectivity index (χ1) is 15.3. The lowest BCUT2D eigenvalue weighted by Gasteiger charge is -2.40. The molecule has 0 atom stereocenters. The topological polar surface area (TPSA) is 78.6 Å². The average Bonchev–Trinajstić information content (AvgIpc) is 3.35. The van der Waals surface area contributed by atoms with E-state index in [1.165, 1.54) is 51.4 Å². The van der Waals surface area contributed by atoms with E-state index in [1.807, 2.05) is 17.0 Å². The molecule has 1 saturated carbocycles. The summed E-state index contributed by atoms with van der Waals surface area (Å²) in [5.74, 6) is 1.31. The third-order valence-corrected chi connectivity index (χ3v) is 6.99. The molecule has 8 nitrogen and oxygen atoms in total. The van der Waals surface area contributed by atoms with Crippen LogP contribution in [0.3, 0.4) is 0 Å². The summed E-state index contributed by atoms with van der Waals surface area (Å²) in [4.78, 5) is 28.6. The van der Waals surface area contributed by atoms with Crippen LogP contribution in [0.25, 0.3) is 11.4 Å². The van der Waals surface area contributed by atoms with E-state index < -0.39 is 0 Å². The Hall–Kier alpha value is -2.48. The minimum absolute atomic E-state index is 0.0810. The monoisotopic (exact) mass is 424 g/mol. The van der Waals surface area contributed by atoms with Gasteiger partial charge in [-0.3, -0.25) is 9.69 Å². The van der Waals surface area contributed by atoms with Gasteiger partial charge in [-0.2, -0.15) is 4.98 Å². The van der Waals surface area contributed by atoms with E-state index in [2.05, 4.69) is 24.9 Å². The largest absolute Gasteiger partial charge is 0.357 e. The second-order valence-electron chi connectivity index (χ2n) is 8.99. The number of nitrogens with zero attached hydrogens (tertiary/aromatic N) is 6. The molecule has 3 fully saturated rings. The van der Waals surface area contributed by atoms with Crippen LogP contribution < -0.4 is 4.90 Å². The summed E-state index contributed by atoms with van der Waals surface area (Å²) < 4.78 is 5.36. The van der Waals surface area contributed by atoms with Gasteiger partial charge in [-0.1, -0.05) is 24.4 Å². The minimum Gasteiger partial charge on any atom is -0.357 e. The minimum atomic E-state index is -0.160. The zero-order valence-corrected chi connectivity index (χ0v) is 18.2. The number of anilines is 1. The van der Waals surface area contributed by atoms with Gasteiger partial charge in [0.15, 0.2) is 0 Å². The van der Waals surface area contributed by atoms with Crippen molar-refractivity contribution in [3.05, 3.63) is 24.2 Å². The summed E-state index contributed by atoms with van der Waals surface area (Å²) in [5, 5.41) is 4.09. The quantitative estimate of drug-likeness (QED) is 0.746. The van der Waals surface area contributed by atoms with E-state index in [1.54, 1.807) is 6.20 Å². The maximum Gasteiger partial charge on any atom is 0.316 e. The van der Waals surface area contributed by atoms with E-state index in [4.69, 9.17) is 4.52 Å². The van der Waals surface area contributed by atoms with Crippen molar-refractivity contribution in [3.8, 4) is 11.4 Å². The third-order valence-electron chi connectivity index (χ3n) is 6.99. The Kier molecular flexibility index (Phi) is 6.15. The molecule has 3 aliphatic rings. The van der Waals surface area contributed by atoms with Crippen molar-refractivity contribution < 1.29 is 9.32 Å². The van der Waals surface area contributed by atoms with E-state index in [9.17, 15) is 4.79 Å². The van der Waals surface area contributed by atoms with E-state index in [-0.39, 0.29) is 11.8 Å². The normalized spacial score (nSPS) is 21.4. The second-order valence-corrected chi connectivity index (χ2v) is 8.99. The number of carbonyl (C=O) groups is 1. The van der Waals surface area contributed by atoms with Gasteiger partial charge in [0.2, 0.25) is 5.82 Å². The highest BCUT2D eigenvalue weighted by Gasteiger charge is 2.30. The average molecular weight is 425 g/mol. The molecule has 5 rings (SSSR count). The molecule has 0 N–H and O–H groups in total. The molecule has 1 amide bonds. The van der Waals surface area contributed by atoms with E-state index in [0.29, 0.717) is 11.9 Å². The number of pyridine rings is 1. The molecule has 1 aliphatic carbocycles. The molecule has 2 saturated heterocycles. The van der Waals surface area contributed by atoms with Gasteiger partial charge < -0.3 is 14.3 Å². The van der Waals surface area contributed by atoms with Crippen LogP contribution in [0, 0.1) is 0 Å². The summed E-state index contributed by atoms with van der Waals surface area (Å²) in [6, 6.07) is 4.56. The maximum atomic E-state index is 12.9. The van der Waals surface area contributed by atoms with Gasteiger partial charge in [-0.25, -0.2) is 4.98 Å². The Morgan fingerprint density at radius 2 is 1.68 bits per heavy atom. The Morgan fingerprint density at radius 3 is 2.45 bits per heavy atom. The predicted molar refractivity (Wildman–Crippen MR) is 118 cm³/mol. The molecule has 0 aromatic carbocycles. The van der Waals surface area contributed by atoms with Crippen molar-refractivity contribution >= 4 is 11.7 Å². The Balaban J connectivity index is 1.22. The first-order valence-corrected chi connectivity index (χ1v) is 11.9. The van der Waals surface area contributed by atoms with Crippen LogP contribution in [0.4, 0.5) is 5.82 Å². The standard InChI is InChI=1S/C23H32N6O2/c30-23(29-15-13-27(14-16-29)19-7-3-1-4-8-19)22-25-21(26-31-22)18-9-10-24-20(17-18)28-11-5-2-6-12-28/h9-10,17,19H,1-8,11-16H2. The number of piperidine rings is 1. The molecular formula is C23H32N6O2. The van der Waals surface area contributed by atoms with Crippen LogP contribution >= 0.6 is 0 Å². The SMILES string of the molecule is O=C(c1nc(-c2ccnc(N3CCCCC3)c2)no1)N1CCN(C2CCCCC2)CC1. The molecule has 0 radical (unpaired) electrons. The molecule has 2 aromatic heterocycles. The van der Waals surface area contributed by atoms with Crippen LogP contribution in [0.2, 0.25) is 0 Å². The van der Waals surface area contributed by atoms with E-state index in [0.717, 1.165) is 50.6 Å². The number of hydrogen-bond donors (Lipinski definition) is 0. The summed E-state index contributed by atoms with van der Waals surface area (Å²) in [6.45, 7) is 5.36. The number of amides is 1. The van der Waals surface area contributed by atoms with Crippen LogP contribution in [0.5, 0.6) is 0 Å². The number of hydrogen-bond acceptors (Lipinski definition) is 7. The number of piperazine rings is 1. The fourth-order valence-corrected chi connectivity index (χ4v) is 5.15. The fraction of sp³-hybridized carbons (Fsp3) is 0.652. The summed E-state index contributed by atoms with van der Waals surface area (Å²) in [6.07, 6.45) is 12.1. The Morgan fingerprint density at radius 1 is 0.935 bits per heavy atom. The molecule has 0 bridgehead atoms. The van der Waals surface area contributed by atoms with Gasteiger partial charge in [0.1, 0.15) is 5.82 Å². The molecule has 31 heavy (non-hydrogen) atoms. The van der Waals surface area contributed by atoms with Crippen molar-refractivity contribution in [2.45, 2.75) is 57.4 Å². The van der Waals surface area contributed by atoms with Gasteiger partial charge >= 0.3 is 11.8 Å². The van der Waals surface area contributed by atoms with Crippen LogP contribution in [0.1, 0.15) is 62.1 Å². The molecular weight excluding hydrogens is 392 g/mol. The lowest BCUT2D eigenvalue weighted by molar-refractivity contribution is 0.0483. The highest BCUT2D eigenvalue weighted by Crippen LogP contribution is 2.25. The Labute approximate surface area is 183 Å². The number of aromatic nitrogens is 3. The van der Waals surface area contributed by atoms with Crippen LogP contribution in [-0.4, -0.2) is 76.1 Å². The number of rotatable bonds is 4. The van der Waals surface area contributed by atoms with Crippen molar-refractivity contribution in [3.63, 3.8) is 0 Å². The molecule has 166 valence electrons. The van der Waals surface area contributed by atoms with Gasteiger partial charge in [-0.05, 0) is 44.2 Å². The van der Waals surface area contributed by atoms with Crippen molar-refractivity contribution in [2.24, 2.45) is 0 Å². The molecule has 0 spiro atoms. The first kappa shape index (κ1) is 20.4. The van der Waals surface area contributed by atoms with E-state index >= 15 is 0 Å². The second kappa shape index (κ2) is 9.34. The zero-order chi connectivity index (χ0) is 21.0. The smallest absolute Gasteiger partial charge is 0.316 e. The van der Waals surface area contributed by atoms with Gasteiger partial charge in [0.05, 0.1) is 0 Å². The predicted octanol–water partition coefficient (Wildman–Crippen LogP) is 3.21. The van der Waals surface area contributed by atoms with Gasteiger partial charge in [-0.15, -0.1) is 0 Å². The summed E-state index contributed by atoms with van der Waals surface area (Å²) >= 11 is 0. The molecule has 8 heteroatoms. The fourth-order valence-electron chi connectivity index (χ4n) is 5.15. The first-order valence-electron chi connectivity index (χ1n) is 11.9. The highest BCUT2D eigenvalue weighted by molar-refractivity contribution is 5.90. The van der Waals surface area contributed by atoms with Crippen molar-refractivity contribution in [2.75, 3.05) is 44.2 Å². The van der Waals surface area contributed by atoms with Crippen molar-refractivity contribution in [1.82, 2.24) is 24.9 Å². The molecule has 0 unspecified atom stereocenters. The van der Waals surface area contributed by atoms with Gasteiger partial charge in [0, 0.05) is 57.1 Å². The molecule has 2 aliphatic heterocycles. The number of carbonyl (C=O) groups excluding carboxylic acids is 1. The highest BCUT2D eigenvalue weighted by atomic mass is 16.5. The third kappa shape index (κ3) is 4.59. The molecule has 2 aromatic rings. The Bertz CT molecular complexity index is 880. The zero-order valence-electron chi connectivity index (χ0n) is 18.2. The summed E-state index contributed by atoms with van der Waals surface area (Å²) in [5.41, 5.74) is 0.834. The van der Waals surface area contributed by atoms with Crippen molar-refractivity contribution in [1.29, 1.82) is 0 Å². The lowest BCUT2D eigenvalue weighted by atomic mass is 9.94. The van der Waals surface area contributed by atoms with Crippen LogP contribution in [-0.2, 0) is 0 Å². The molecule has 4 heterocycles. The van der Waals surface area contributed by atoms with Crippen LogP contribution in [0.15, 0.2) is 22.9 Å². The summed E-state index contributed by atoms with van der Waals surface area (Å²) in [7, 11) is 0.